The predicted molar refractivity (Wildman–Crippen MR) is 85.6 cm³/mol. The average molecular weight is 299 g/mol. The zero-order valence-electron chi connectivity index (χ0n) is 14.1. The highest BCUT2D eigenvalue weighted by atomic mass is 16.5. The van der Waals surface area contributed by atoms with Gasteiger partial charge in [-0.15, -0.1) is 0 Å². The Morgan fingerprint density at radius 3 is 2.24 bits per heavy atom. The van der Waals surface area contributed by atoms with Crippen molar-refractivity contribution >= 4 is 5.78 Å². The molecule has 21 heavy (non-hydrogen) atoms. The van der Waals surface area contributed by atoms with E-state index in [1.807, 2.05) is 13.8 Å². The van der Waals surface area contributed by atoms with Crippen LogP contribution in [0.25, 0.3) is 0 Å². The van der Waals surface area contributed by atoms with Crippen LogP contribution in [0.4, 0.5) is 0 Å². The summed E-state index contributed by atoms with van der Waals surface area (Å²) in [4.78, 5) is 14.5. The molecule has 1 rings (SSSR count). The first-order valence-corrected chi connectivity index (χ1v) is 8.61. The average Bonchev–Trinajstić information content (AvgIpc) is 2.49. The third kappa shape index (κ3) is 7.39. The maximum absolute atomic E-state index is 12.2. The monoisotopic (exact) mass is 299 g/mol. The van der Waals surface area contributed by atoms with Gasteiger partial charge in [-0.25, -0.2) is 0 Å². The van der Waals surface area contributed by atoms with Gasteiger partial charge in [-0.3, -0.25) is 9.69 Å². The summed E-state index contributed by atoms with van der Waals surface area (Å²) in [5.74, 6) is 1.40. The van der Waals surface area contributed by atoms with Gasteiger partial charge in [0.2, 0.25) is 0 Å². The Hall–Kier alpha value is -0.450. The van der Waals surface area contributed by atoms with Crippen LogP contribution in [0.1, 0.15) is 46.5 Å². The highest BCUT2D eigenvalue weighted by Crippen LogP contribution is 2.29. The van der Waals surface area contributed by atoms with E-state index in [-0.39, 0.29) is 5.92 Å². The molecule has 2 unspecified atom stereocenters. The Morgan fingerprint density at radius 1 is 1.10 bits per heavy atom. The van der Waals surface area contributed by atoms with E-state index in [0.717, 1.165) is 71.2 Å². The molecule has 0 aliphatic heterocycles. The molecule has 2 atom stereocenters. The van der Waals surface area contributed by atoms with Crippen LogP contribution in [0.2, 0.25) is 0 Å². The van der Waals surface area contributed by atoms with Crippen molar-refractivity contribution in [1.82, 2.24) is 4.90 Å². The van der Waals surface area contributed by atoms with Crippen LogP contribution < -0.4 is 0 Å². The maximum Gasteiger partial charge on any atom is 0.137 e. The number of nitrogens with zero attached hydrogens (tertiary/aromatic N) is 1. The predicted octanol–water partition coefficient (Wildman–Crippen LogP) is 2.76. The lowest BCUT2D eigenvalue weighted by atomic mass is 9.79. The quantitative estimate of drug-likeness (QED) is 0.550. The van der Waals surface area contributed by atoms with Gasteiger partial charge in [0.05, 0.1) is 13.2 Å². The lowest BCUT2D eigenvalue weighted by Crippen LogP contribution is -2.39. The summed E-state index contributed by atoms with van der Waals surface area (Å²) in [6, 6.07) is 0. The summed E-state index contributed by atoms with van der Waals surface area (Å²) in [5.41, 5.74) is 0. The van der Waals surface area contributed by atoms with Gasteiger partial charge in [-0.2, -0.15) is 0 Å². The Kier molecular flexibility index (Phi) is 9.89. The number of hydrogen-bond acceptors (Lipinski definition) is 4. The highest BCUT2D eigenvalue weighted by Gasteiger charge is 2.29. The van der Waals surface area contributed by atoms with E-state index < -0.39 is 0 Å². The molecule has 1 aliphatic rings. The van der Waals surface area contributed by atoms with Crippen molar-refractivity contribution in [2.45, 2.75) is 46.5 Å². The second-order valence-electron chi connectivity index (χ2n) is 5.91. The molecule has 0 N–H and O–H groups in total. The number of carbonyl (C=O) groups is 1. The number of hydrogen-bond donors (Lipinski definition) is 0. The number of carbonyl (C=O) groups excluding carboxylic acids is 1. The van der Waals surface area contributed by atoms with E-state index in [4.69, 9.17) is 9.47 Å². The molecule has 0 aromatic rings. The van der Waals surface area contributed by atoms with Crippen LogP contribution in [0.5, 0.6) is 0 Å². The van der Waals surface area contributed by atoms with Crippen molar-refractivity contribution in [3.05, 3.63) is 0 Å². The van der Waals surface area contributed by atoms with Crippen LogP contribution in [0.3, 0.4) is 0 Å². The van der Waals surface area contributed by atoms with Crippen molar-refractivity contribution in [3.8, 4) is 0 Å². The summed E-state index contributed by atoms with van der Waals surface area (Å²) >= 11 is 0. The summed E-state index contributed by atoms with van der Waals surface area (Å²) < 4.78 is 10.9. The van der Waals surface area contributed by atoms with Crippen LogP contribution in [0, 0.1) is 11.8 Å². The molecular formula is C17H33NO3. The van der Waals surface area contributed by atoms with Crippen molar-refractivity contribution in [1.29, 1.82) is 0 Å². The molecule has 0 saturated heterocycles. The Morgan fingerprint density at radius 2 is 1.71 bits per heavy atom. The summed E-state index contributed by atoms with van der Waals surface area (Å²) in [6.45, 7) is 11.9. The third-order valence-corrected chi connectivity index (χ3v) is 4.44. The van der Waals surface area contributed by atoms with Gasteiger partial charge in [-0.05, 0) is 32.6 Å². The molecule has 0 amide bonds. The highest BCUT2D eigenvalue weighted by molar-refractivity contribution is 5.81. The largest absolute Gasteiger partial charge is 0.380 e. The van der Waals surface area contributed by atoms with E-state index in [9.17, 15) is 4.79 Å². The van der Waals surface area contributed by atoms with Gasteiger partial charge in [0.15, 0.2) is 0 Å². The lowest BCUT2D eigenvalue weighted by Gasteiger charge is -2.32. The van der Waals surface area contributed by atoms with Gasteiger partial charge >= 0.3 is 0 Å². The van der Waals surface area contributed by atoms with Gasteiger partial charge in [0, 0.05) is 45.2 Å². The minimum Gasteiger partial charge on any atom is -0.380 e. The lowest BCUT2D eigenvalue weighted by molar-refractivity contribution is -0.126. The number of rotatable bonds is 11. The minimum absolute atomic E-state index is 0.215. The molecule has 0 bridgehead atoms. The van der Waals surface area contributed by atoms with Gasteiger partial charge in [-0.1, -0.05) is 13.3 Å². The molecule has 0 spiro atoms. The fraction of sp³-hybridized carbons (Fsp3) is 0.941. The smallest absolute Gasteiger partial charge is 0.137 e. The summed E-state index contributed by atoms with van der Waals surface area (Å²) in [6.07, 6.45) is 4.12. The van der Waals surface area contributed by atoms with Crippen LogP contribution in [-0.2, 0) is 14.3 Å². The molecule has 124 valence electrons. The van der Waals surface area contributed by atoms with Crippen LogP contribution >= 0.6 is 0 Å². The standard InChI is InChI=1S/C17H33NO3/c1-4-15-7-8-17(19)16(13-15)14-18(9-11-20-5-2)10-12-21-6-3/h15-16H,4-14H2,1-3H3. The number of ketones is 1. The zero-order chi connectivity index (χ0) is 15.5. The first kappa shape index (κ1) is 18.6. The van der Waals surface area contributed by atoms with E-state index in [1.165, 1.54) is 6.42 Å². The molecule has 0 heterocycles. The first-order chi connectivity index (χ1) is 10.2. The minimum atomic E-state index is 0.215. The van der Waals surface area contributed by atoms with E-state index in [1.54, 1.807) is 0 Å². The molecule has 4 heteroatoms. The molecule has 1 saturated carbocycles. The molecule has 0 aromatic heterocycles. The fourth-order valence-electron chi connectivity index (χ4n) is 3.03. The number of ether oxygens (including phenoxy) is 2. The molecule has 4 nitrogen and oxygen atoms in total. The Bertz CT molecular complexity index is 273. The van der Waals surface area contributed by atoms with Crippen LogP contribution in [-0.4, -0.2) is 56.7 Å². The Labute approximate surface area is 130 Å². The molecule has 1 fully saturated rings. The van der Waals surface area contributed by atoms with Crippen molar-refractivity contribution in [3.63, 3.8) is 0 Å². The fourth-order valence-corrected chi connectivity index (χ4v) is 3.03. The second-order valence-corrected chi connectivity index (χ2v) is 5.91. The van der Waals surface area contributed by atoms with Crippen LogP contribution in [0.15, 0.2) is 0 Å². The summed E-state index contributed by atoms with van der Waals surface area (Å²) in [7, 11) is 0. The molecular weight excluding hydrogens is 266 g/mol. The topological polar surface area (TPSA) is 38.8 Å². The zero-order valence-corrected chi connectivity index (χ0v) is 14.1. The van der Waals surface area contributed by atoms with Gasteiger partial charge in [0.1, 0.15) is 5.78 Å². The van der Waals surface area contributed by atoms with Crippen molar-refractivity contribution in [2.75, 3.05) is 46.1 Å². The first-order valence-electron chi connectivity index (χ1n) is 8.61. The second kappa shape index (κ2) is 11.2. The SMILES string of the molecule is CCOCCN(CCOCC)CC1CC(CC)CCC1=O. The Balaban J connectivity index is 2.45. The van der Waals surface area contributed by atoms with Gasteiger partial charge < -0.3 is 9.47 Å². The molecule has 1 aliphatic carbocycles. The number of Topliss-reactive ketones (excluding diaryl/α,β-unsaturated/α-hetero) is 1. The van der Waals surface area contributed by atoms with Crippen molar-refractivity contribution in [2.24, 2.45) is 11.8 Å². The molecule has 0 aromatic carbocycles. The normalized spacial score (nSPS) is 23.0. The third-order valence-electron chi connectivity index (χ3n) is 4.44. The maximum atomic E-state index is 12.2. The van der Waals surface area contributed by atoms with E-state index >= 15 is 0 Å². The molecule has 0 radical (unpaired) electrons. The van der Waals surface area contributed by atoms with E-state index in [2.05, 4.69) is 11.8 Å². The summed E-state index contributed by atoms with van der Waals surface area (Å²) in [5, 5.41) is 0. The van der Waals surface area contributed by atoms with Gasteiger partial charge in [0.25, 0.3) is 0 Å². The van der Waals surface area contributed by atoms with Crippen molar-refractivity contribution < 1.29 is 14.3 Å². The van der Waals surface area contributed by atoms with E-state index in [0.29, 0.717) is 5.78 Å².